The Morgan fingerprint density at radius 2 is 1.71 bits per heavy atom. The predicted octanol–water partition coefficient (Wildman–Crippen LogP) is 8.64. The third kappa shape index (κ3) is 5.77. The number of hydrogen-bond acceptors (Lipinski definition) is 4. The fourth-order valence-corrected chi connectivity index (χ4v) is 6.11. The smallest absolute Gasteiger partial charge is 0.282 e. The minimum Gasteiger partial charge on any atom is -0.487 e. The molecule has 0 amide bonds. The molecule has 8 heteroatoms. The predicted molar refractivity (Wildman–Crippen MR) is 165 cm³/mol. The maximum atomic E-state index is 13.3. The number of fused-ring (bicyclic) bond motifs is 2. The summed E-state index contributed by atoms with van der Waals surface area (Å²) in [5.74, 6) is 1.35. The second kappa shape index (κ2) is 11.9. The van der Waals surface area contributed by atoms with Crippen LogP contribution in [0.2, 0.25) is 0 Å². The molecule has 5 aromatic rings. The summed E-state index contributed by atoms with van der Waals surface area (Å²) in [5, 5.41) is 7.45. The van der Waals surface area contributed by atoms with Crippen LogP contribution in [-0.4, -0.2) is 15.9 Å². The minimum atomic E-state index is -0.188. The van der Waals surface area contributed by atoms with Crippen LogP contribution in [0.1, 0.15) is 36.7 Å². The Morgan fingerprint density at radius 3 is 2.50 bits per heavy atom. The van der Waals surface area contributed by atoms with Gasteiger partial charge in [0.25, 0.3) is 5.56 Å². The summed E-state index contributed by atoms with van der Waals surface area (Å²) in [7, 11) is 0. The number of benzene rings is 4. The van der Waals surface area contributed by atoms with Crippen LogP contribution in [0, 0.1) is 0 Å². The SMILES string of the molecule is CCCCc1nc2ccc(Br)cc2c(=O)n1N=Cc1cc(Br)c(OCc2cccc3ccccc23)c(Br)c1. The van der Waals surface area contributed by atoms with Crippen molar-refractivity contribution in [3.05, 3.63) is 114 Å². The molecule has 0 radical (unpaired) electrons. The van der Waals surface area contributed by atoms with Crippen molar-refractivity contribution < 1.29 is 4.74 Å². The van der Waals surface area contributed by atoms with Gasteiger partial charge in [-0.15, -0.1) is 0 Å². The van der Waals surface area contributed by atoms with E-state index in [-0.39, 0.29) is 5.56 Å². The lowest BCUT2D eigenvalue weighted by atomic mass is 10.1. The summed E-state index contributed by atoms with van der Waals surface area (Å²) in [6, 6.07) is 23.9. The summed E-state index contributed by atoms with van der Waals surface area (Å²) >= 11 is 10.7. The van der Waals surface area contributed by atoms with Crippen molar-refractivity contribution in [2.24, 2.45) is 5.10 Å². The average Bonchev–Trinajstić information content (AvgIpc) is 2.91. The fourth-order valence-electron chi connectivity index (χ4n) is 4.30. The standard InChI is InChI=1S/C30H24Br3N3O2/c1-2-3-11-28-35-27-13-12-22(31)16-24(27)30(37)36(28)34-17-19-14-25(32)29(26(33)15-19)38-18-21-9-6-8-20-7-4-5-10-23(20)21/h4-10,12-17H,2-3,11,18H2,1H3. The molecule has 5 nitrogen and oxygen atoms in total. The van der Waals surface area contributed by atoms with Crippen molar-refractivity contribution in [3.63, 3.8) is 0 Å². The third-order valence-electron chi connectivity index (χ3n) is 6.22. The molecular weight excluding hydrogens is 674 g/mol. The molecule has 0 unspecified atom stereocenters. The Morgan fingerprint density at radius 1 is 0.947 bits per heavy atom. The third-order valence-corrected chi connectivity index (χ3v) is 7.90. The monoisotopic (exact) mass is 695 g/mol. The number of unbranched alkanes of at least 4 members (excludes halogenated alkanes) is 1. The Labute approximate surface area is 245 Å². The van der Waals surface area contributed by atoms with E-state index in [9.17, 15) is 4.79 Å². The van der Waals surface area contributed by atoms with Gasteiger partial charge in [-0.1, -0.05) is 71.7 Å². The van der Waals surface area contributed by atoms with Gasteiger partial charge in [0.05, 0.1) is 26.1 Å². The van der Waals surface area contributed by atoms with Crippen LogP contribution in [0.25, 0.3) is 21.7 Å². The van der Waals surface area contributed by atoms with Gasteiger partial charge in [0.1, 0.15) is 18.2 Å². The molecule has 0 saturated carbocycles. The molecule has 1 aromatic heterocycles. The van der Waals surface area contributed by atoms with Gasteiger partial charge in [-0.3, -0.25) is 4.79 Å². The van der Waals surface area contributed by atoms with Crippen LogP contribution in [0.3, 0.4) is 0 Å². The average molecular weight is 698 g/mol. The number of aromatic nitrogens is 2. The Hall–Kier alpha value is -2.81. The zero-order valence-electron chi connectivity index (χ0n) is 20.6. The molecule has 0 saturated heterocycles. The number of halogens is 3. The molecule has 5 rings (SSSR count). The maximum absolute atomic E-state index is 13.3. The van der Waals surface area contributed by atoms with Gasteiger partial charge in [0, 0.05) is 10.9 Å². The lowest BCUT2D eigenvalue weighted by Crippen LogP contribution is -2.22. The first-order chi connectivity index (χ1) is 18.4. The first-order valence-corrected chi connectivity index (χ1v) is 14.7. The zero-order chi connectivity index (χ0) is 26.6. The highest BCUT2D eigenvalue weighted by molar-refractivity contribution is 9.11. The highest BCUT2D eigenvalue weighted by Gasteiger charge is 2.13. The zero-order valence-corrected chi connectivity index (χ0v) is 25.4. The number of hydrogen-bond donors (Lipinski definition) is 0. The highest BCUT2D eigenvalue weighted by Crippen LogP contribution is 2.35. The van der Waals surface area contributed by atoms with Crippen LogP contribution < -0.4 is 10.3 Å². The van der Waals surface area contributed by atoms with Crippen molar-refractivity contribution >= 4 is 75.7 Å². The topological polar surface area (TPSA) is 56.5 Å². The second-order valence-electron chi connectivity index (χ2n) is 8.90. The number of rotatable bonds is 8. The van der Waals surface area contributed by atoms with Crippen LogP contribution in [0.5, 0.6) is 5.75 Å². The molecule has 0 aliphatic rings. The van der Waals surface area contributed by atoms with E-state index < -0.39 is 0 Å². The first-order valence-electron chi connectivity index (χ1n) is 12.3. The van der Waals surface area contributed by atoms with E-state index in [0.717, 1.165) is 37.4 Å². The summed E-state index contributed by atoms with van der Waals surface area (Å²) in [6.45, 7) is 2.54. The first kappa shape index (κ1) is 26.8. The molecule has 0 bridgehead atoms. The lowest BCUT2D eigenvalue weighted by molar-refractivity contribution is 0.303. The van der Waals surface area contributed by atoms with Gasteiger partial charge < -0.3 is 4.74 Å². The van der Waals surface area contributed by atoms with E-state index in [1.54, 1.807) is 12.3 Å². The molecule has 0 aliphatic carbocycles. The number of ether oxygens (including phenoxy) is 1. The van der Waals surface area contributed by atoms with E-state index in [0.29, 0.717) is 35.5 Å². The van der Waals surface area contributed by atoms with E-state index in [1.807, 2.05) is 42.5 Å². The van der Waals surface area contributed by atoms with Gasteiger partial charge >= 0.3 is 0 Å². The summed E-state index contributed by atoms with van der Waals surface area (Å²) < 4.78 is 10.0. The summed E-state index contributed by atoms with van der Waals surface area (Å²) in [5.41, 5.74) is 2.41. The fraction of sp³-hybridized carbons (Fsp3) is 0.167. The van der Waals surface area contributed by atoms with Gasteiger partial charge in [-0.25, -0.2) is 4.98 Å². The van der Waals surface area contributed by atoms with Crippen molar-refractivity contribution in [3.8, 4) is 5.75 Å². The lowest BCUT2D eigenvalue weighted by Gasteiger charge is -2.13. The molecular formula is C30H24Br3N3O2. The second-order valence-corrected chi connectivity index (χ2v) is 11.5. The van der Waals surface area contributed by atoms with E-state index >= 15 is 0 Å². The van der Waals surface area contributed by atoms with Gasteiger partial charge in [-0.05, 0) is 90.5 Å². The van der Waals surface area contributed by atoms with Gasteiger partial charge in [0.15, 0.2) is 0 Å². The molecule has 0 atom stereocenters. The Bertz CT molecular complexity index is 1700. The molecule has 0 N–H and O–H groups in total. The van der Waals surface area contributed by atoms with Crippen LogP contribution in [-0.2, 0) is 13.0 Å². The largest absolute Gasteiger partial charge is 0.487 e. The van der Waals surface area contributed by atoms with Crippen molar-refractivity contribution in [1.29, 1.82) is 0 Å². The van der Waals surface area contributed by atoms with E-state index in [1.165, 1.54) is 15.4 Å². The van der Waals surface area contributed by atoms with Crippen LogP contribution in [0.4, 0.5) is 0 Å². The van der Waals surface area contributed by atoms with Crippen LogP contribution >= 0.6 is 47.8 Å². The summed E-state index contributed by atoms with van der Waals surface area (Å²) in [6.07, 6.45) is 4.26. The molecule has 1 heterocycles. The summed E-state index contributed by atoms with van der Waals surface area (Å²) in [4.78, 5) is 18.1. The van der Waals surface area contributed by atoms with E-state index in [4.69, 9.17) is 9.72 Å². The quantitative estimate of drug-likeness (QED) is 0.153. The normalized spacial score (nSPS) is 11.6. The van der Waals surface area contributed by atoms with Crippen molar-refractivity contribution in [2.75, 3.05) is 0 Å². The van der Waals surface area contributed by atoms with Crippen molar-refractivity contribution in [1.82, 2.24) is 9.66 Å². The molecule has 4 aromatic carbocycles. The highest BCUT2D eigenvalue weighted by atomic mass is 79.9. The van der Waals surface area contributed by atoms with Gasteiger partial charge in [0.2, 0.25) is 0 Å². The molecule has 0 aliphatic heterocycles. The number of nitrogens with zero attached hydrogens (tertiary/aromatic N) is 3. The van der Waals surface area contributed by atoms with E-state index in [2.05, 4.69) is 84.1 Å². The Kier molecular flexibility index (Phi) is 8.41. The van der Waals surface area contributed by atoms with Crippen molar-refractivity contribution in [2.45, 2.75) is 32.8 Å². The Balaban J connectivity index is 1.44. The minimum absolute atomic E-state index is 0.188. The maximum Gasteiger partial charge on any atom is 0.282 e. The molecule has 38 heavy (non-hydrogen) atoms. The number of aryl methyl sites for hydroxylation is 1. The van der Waals surface area contributed by atoms with Crippen LogP contribution in [0.15, 0.2) is 96.1 Å². The molecule has 0 fully saturated rings. The molecule has 0 spiro atoms. The van der Waals surface area contributed by atoms with Gasteiger partial charge in [-0.2, -0.15) is 9.78 Å². The molecule has 192 valence electrons.